The van der Waals surface area contributed by atoms with Crippen LogP contribution in [0.4, 0.5) is 13.2 Å². The van der Waals surface area contributed by atoms with Gasteiger partial charge in [0, 0.05) is 6.20 Å². The average Bonchev–Trinajstić information content (AvgIpc) is 2.58. The van der Waals surface area contributed by atoms with Gasteiger partial charge >= 0.3 is 6.18 Å². The van der Waals surface area contributed by atoms with E-state index in [2.05, 4.69) is 11.9 Å². The predicted octanol–water partition coefficient (Wildman–Crippen LogP) is 5.74. The van der Waals surface area contributed by atoms with Crippen molar-refractivity contribution in [1.29, 1.82) is 0 Å². The number of ketones is 1. The molecule has 0 aliphatic carbocycles. The minimum absolute atomic E-state index is 0.0114. The number of carbonyl (C=O) groups is 1. The van der Waals surface area contributed by atoms with E-state index in [-0.39, 0.29) is 17.1 Å². The molecule has 0 fully saturated rings. The standard InChI is InChI=1S/C19H28F3NO3/c1-3-4-5-6-7-8-9-10-11-25-17-13-23-12-16(15(2)24)18(17)26-14-19(20,21)22/h12-13H,3-11,14H2,1-2H3. The van der Waals surface area contributed by atoms with Crippen molar-refractivity contribution in [2.45, 2.75) is 71.4 Å². The van der Waals surface area contributed by atoms with Crippen molar-refractivity contribution in [3.05, 3.63) is 18.0 Å². The molecule has 1 rings (SSSR count). The molecule has 0 atom stereocenters. The van der Waals surface area contributed by atoms with Crippen LogP contribution in [0.15, 0.2) is 12.4 Å². The zero-order chi connectivity index (χ0) is 19.4. The number of hydrogen-bond acceptors (Lipinski definition) is 4. The lowest BCUT2D eigenvalue weighted by Crippen LogP contribution is -2.20. The topological polar surface area (TPSA) is 48.4 Å². The maximum absolute atomic E-state index is 12.4. The summed E-state index contributed by atoms with van der Waals surface area (Å²) in [5.74, 6) is -0.540. The second-order valence-corrected chi connectivity index (χ2v) is 6.30. The van der Waals surface area contributed by atoms with E-state index in [1.165, 1.54) is 51.4 Å². The molecule has 0 bridgehead atoms. The summed E-state index contributed by atoms with van der Waals surface area (Å²) in [6.07, 6.45) is 7.03. The van der Waals surface area contributed by atoms with Crippen molar-refractivity contribution < 1.29 is 27.4 Å². The molecule has 148 valence electrons. The summed E-state index contributed by atoms with van der Waals surface area (Å²) in [4.78, 5) is 15.5. The highest BCUT2D eigenvalue weighted by atomic mass is 19.4. The maximum Gasteiger partial charge on any atom is 0.422 e. The van der Waals surface area contributed by atoms with Crippen LogP contribution >= 0.6 is 0 Å². The SMILES string of the molecule is CCCCCCCCCCOc1cncc(C(C)=O)c1OCC(F)(F)F. The zero-order valence-corrected chi connectivity index (χ0v) is 15.5. The van der Waals surface area contributed by atoms with Gasteiger partial charge in [-0.1, -0.05) is 51.9 Å². The van der Waals surface area contributed by atoms with E-state index in [1.54, 1.807) is 0 Å². The highest BCUT2D eigenvalue weighted by molar-refractivity contribution is 5.97. The molecule has 0 aliphatic rings. The number of ether oxygens (including phenoxy) is 2. The van der Waals surface area contributed by atoms with Gasteiger partial charge in [-0.3, -0.25) is 9.78 Å². The van der Waals surface area contributed by atoms with Crippen molar-refractivity contribution >= 4 is 5.78 Å². The Morgan fingerprint density at radius 3 is 2.19 bits per heavy atom. The molecule has 4 nitrogen and oxygen atoms in total. The van der Waals surface area contributed by atoms with Crippen molar-refractivity contribution in [1.82, 2.24) is 4.98 Å². The maximum atomic E-state index is 12.4. The zero-order valence-electron chi connectivity index (χ0n) is 15.5. The number of carbonyl (C=O) groups excluding carboxylic acids is 1. The molecule has 1 heterocycles. The fraction of sp³-hybridized carbons (Fsp3) is 0.684. The van der Waals surface area contributed by atoms with Crippen LogP contribution in [0.2, 0.25) is 0 Å². The van der Waals surface area contributed by atoms with Crippen molar-refractivity contribution in [3.63, 3.8) is 0 Å². The number of nitrogens with zero attached hydrogens (tertiary/aromatic N) is 1. The second-order valence-electron chi connectivity index (χ2n) is 6.30. The van der Waals surface area contributed by atoms with Gasteiger partial charge in [-0.2, -0.15) is 13.2 Å². The Kier molecular flexibility index (Phi) is 10.1. The number of alkyl halides is 3. The van der Waals surface area contributed by atoms with E-state index < -0.39 is 18.6 Å². The quantitative estimate of drug-likeness (QED) is 0.326. The lowest BCUT2D eigenvalue weighted by molar-refractivity contribution is -0.153. The van der Waals surface area contributed by atoms with Crippen LogP contribution in [-0.4, -0.2) is 30.2 Å². The molecule has 0 saturated heterocycles. The number of hydrogen-bond donors (Lipinski definition) is 0. The summed E-state index contributed by atoms with van der Waals surface area (Å²) in [6, 6.07) is 0. The van der Waals surface area contributed by atoms with Gasteiger partial charge in [0.05, 0.1) is 18.4 Å². The van der Waals surface area contributed by atoms with E-state index >= 15 is 0 Å². The van der Waals surface area contributed by atoms with Crippen LogP contribution in [0.25, 0.3) is 0 Å². The molecule has 0 saturated carbocycles. The number of aromatic nitrogens is 1. The Hall–Kier alpha value is -1.79. The van der Waals surface area contributed by atoms with Crippen LogP contribution in [0.5, 0.6) is 11.5 Å². The molecule has 0 unspecified atom stereocenters. The fourth-order valence-corrected chi connectivity index (χ4v) is 2.50. The molecule has 0 aromatic carbocycles. The largest absolute Gasteiger partial charge is 0.488 e. The first-order chi connectivity index (χ1) is 12.3. The first kappa shape index (κ1) is 22.3. The van der Waals surface area contributed by atoms with Gasteiger partial charge in [0.25, 0.3) is 0 Å². The highest BCUT2D eigenvalue weighted by Crippen LogP contribution is 2.32. The fourth-order valence-electron chi connectivity index (χ4n) is 2.50. The molecule has 26 heavy (non-hydrogen) atoms. The summed E-state index contributed by atoms with van der Waals surface area (Å²) in [5.41, 5.74) is -0.0114. The third kappa shape index (κ3) is 9.06. The molecule has 0 radical (unpaired) electrons. The number of pyridine rings is 1. The number of unbranched alkanes of at least 4 members (excludes halogenated alkanes) is 7. The average molecular weight is 375 g/mol. The van der Waals surface area contributed by atoms with Crippen LogP contribution in [0, 0.1) is 0 Å². The van der Waals surface area contributed by atoms with E-state index in [0.717, 1.165) is 19.3 Å². The molecule has 7 heteroatoms. The first-order valence-electron chi connectivity index (χ1n) is 9.16. The molecule has 1 aromatic rings. The number of halogens is 3. The number of Topliss-reactive ketones (excluding diaryl/α,β-unsaturated/α-hetero) is 1. The minimum Gasteiger partial charge on any atom is -0.488 e. The Labute approximate surface area is 153 Å². The van der Waals surface area contributed by atoms with E-state index in [9.17, 15) is 18.0 Å². The van der Waals surface area contributed by atoms with Crippen molar-refractivity contribution in [2.75, 3.05) is 13.2 Å². The van der Waals surface area contributed by atoms with Gasteiger partial charge in [0.1, 0.15) is 0 Å². The monoisotopic (exact) mass is 375 g/mol. The van der Waals surface area contributed by atoms with Crippen LogP contribution < -0.4 is 9.47 Å². The van der Waals surface area contributed by atoms with Crippen molar-refractivity contribution in [3.8, 4) is 11.5 Å². The Morgan fingerprint density at radius 1 is 1.00 bits per heavy atom. The van der Waals surface area contributed by atoms with E-state index in [4.69, 9.17) is 9.47 Å². The lowest BCUT2D eigenvalue weighted by atomic mass is 10.1. The predicted molar refractivity (Wildman–Crippen MR) is 93.9 cm³/mol. The van der Waals surface area contributed by atoms with Gasteiger partial charge in [0.2, 0.25) is 0 Å². The Morgan fingerprint density at radius 2 is 1.62 bits per heavy atom. The molecule has 1 aromatic heterocycles. The van der Waals surface area contributed by atoms with Crippen molar-refractivity contribution in [2.24, 2.45) is 0 Å². The summed E-state index contributed by atoms with van der Waals surface area (Å²) in [6.45, 7) is 2.30. The smallest absolute Gasteiger partial charge is 0.422 e. The second kappa shape index (κ2) is 11.8. The third-order valence-electron chi connectivity index (χ3n) is 3.88. The molecule has 0 N–H and O–H groups in total. The Balaban J connectivity index is 2.49. The molecule has 0 aliphatic heterocycles. The normalized spacial score (nSPS) is 11.4. The first-order valence-corrected chi connectivity index (χ1v) is 9.16. The summed E-state index contributed by atoms with van der Waals surface area (Å²) in [7, 11) is 0. The molecular weight excluding hydrogens is 347 g/mol. The summed E-state index contributed by atoms with van der Waals surface area (Å²) in [5, 5.41) is 0. The minimum atomic E-state index is -4.49. The van der Waals surface area contributed by atoms with Gasteiger partial charge in [-0.15, -0.1) is 0 Å². The van der Waals surface area contributed by atoms with E-state index in [1.807, 2.05) is 0 Å². The molecular formula is C19H28F3NO3. The van der Waals surface area contributed by atoms with Gasteiger partial charge in [-0.05, 0) is 13.3 Å². The van der Waals surface area contributed by atoms with Gasteiger partial charge < -0.3 is 9.47 Å². The molecule has 0 amide bonds. The van der Waals surface area contributed by atoms with Crippen LogP contribution in [0.3, 0.4) is 0 Å². The van der Waals surface area contributed by atoms with Crippen LogP contribution in [-0.2, 0) is 0 Å². The lowest BCUT2D eigenvalue weighted by Gasteiger charge is -2.16. The summed E-state index contributed by atoms with van der Waals surface area (Å²) >= 11 is 0. The number of rotatable bonds is 13. The van der Waals surface area contributed by atoms with E-state index in [0.29, 0.717) is 6.61 Å². The van der Waals surface area contributed by atoms with Gasteiger partial charge in [-0.25, -0.2) is 0 Å². The van der Waals surface area contributed by atoms with Crippen LogP contribution in [0.1, 0.15) is 75.6 Å². The molecule has 0 spiro atoms. The highest BCUT2D eigenvalue weighted by Gasteiger charge is 2.30. The summed E-state index contributed by atoms with van der Waals surface area (Å²) < 4.78 is 47.7. The Bertz CT molecular complexity index is 547. The third-order valence-corrected chi connectivity index (χ3v) is 3.88. The van der Waals surface area contributed by atoms with Gasteiger partial charge in [0.15, 0.2) is 23.9 Å².